The van der Waals surface area contributed by atoms with Crippen LogP contribution in [0.2, 0.25) is 0 Å². The molecule has 14 heavy (non-hydrogen) atoms. The molecule has 1 heterocycles. The van der Waals surface area contributed by atoms with Crippen molar-refractivity contribution in [2.75, 3.05) is 0 Å². The molecule has 0 aromatic heterocycles. The Morgan fingerprint density at radius 3 is 3.14 bits per heavy atom. The average molecular weight is 211 g/mol. The first kappa shape index (κ1) is 9.32. The Bertz CT molecular complexity index is 358. The summed E-state index contributed by atoms with van der Waals surface area (Å²) in [5.74, 6) is 0. The highest BCUT2D eigenvalue weighted by Crippen LogP contribution is 2.24. The summed E-state index contributed by atoms with van der Waals surface area (Å²) < 4.78 is 0. The van der Waals surface area contributed by atoms with Crippen LogP contribution in [-0.2, 0) is 6.54 Å². The van der Waals surface area contributed by atoms with Crippen LogP contribution in [0.1, 0.15) is 5.56 Å². The summed E-state index contributed by atoms with van der Waals surface area (Å²) in [6.07, 6.45) is -1.07. The molecule has 0 radical (unpaired) electrons. The van der Waals surface area contributed by atoms with Crippen molar-refractivity contribution in [2.45, 2.75) is 11.4 Å². The molecule has 0 fully saturated rings. The molecule has 2 rings (SSSR count). The van der Waals surface area contributed by atoms with E-state index in [4.69, 9.17) is 5.11 Å². The van der Waals surface area contributed by atoms with Crippen molar-refractivity contribution in [3.63, 3.8) is 0 Å². The van der Waals surface area contributed by atoms with Gasteiger partial charge in [0, 0.05) is 4.90 Å². The minimum atomic E-state index is -1.07. The van der Waals surface area contributed by atoms with Crippen LogP contribution in [0.5, 0.6) is 0 Å². The number of rotatable bonds is 1. The maximum absolute atomic E-state index is 10.4. The summed E-state index contributed by atoms with van der Waals surface area (Å²) in [5.41, 5.74) is 3.34. The summed E-state index contributed by atoms with van der Waals surface area (Å²) >= 11 is 1.39. The number of fused-ring (bicyclic) bond motifs is 1. The summed E-state index contributed by atoms with van der Waals surface area (Å²) in [5, 5.41) is 9.94. The van der Waals surface area contributed by atoms with Crippen LogP contribution in [0.15, 0.2) is 29.2 Å². The number of hydrogen-bond acceptors (Lipinski definition) is 4. The van der Waals surface area contributed by atoms with Gasteiger partial charge in [0.15, 0.2) is 0 Å². The molecule has 3 N–H and O–H groups in total. The van der Waals surface area contributed by atoms with Gasteiger partial charge in [0.1, 0.15) is 0 Å². The highest BCUT2D eigenvalue weighted by Gasteiger charge is 2.16. The third-order valence-corrected chi connectivity index (χ3v) is 2.73. The largest absolute Gasteiger partial charge is 0.464 e. The van der Waals surface area contributed by atoms with E-state index >= 15 is 0 Å². The lowest BCUT2D eigenvalue weighted by molar-refractivity contribution is 0.119. The number of carboxylic acid groups (broad SMARTS) is 1. The summed E-state index contributed by atoms with van der Waals surface area (Å²) in [6, 6.07) is 7.85. The summed E-state index contributed by atoms with van der Waals surface area (Å²) in [7, 11) is 0. The van der Waals surface area contributed by atoms with Crippen LogP contribution in [-0.4, -0.2) is 16.3 Å². The molecular weight excluding hydrogens is 202 g/mol. The number of hydrogen-bond donors (Lipinski definition) is 3. The lowest BCUT2D eigenvalue weighted by atomic mass is 10.2. The second-order valence-corrected chi connectivity index (χ2v) is 3.63. The Balaban J connectivity index is 2.09. The van der Waals surface area contributed by atoms with Gasteiger partial charge >= 0.3 is 6.09 Å². The lowest BCUT2D eigenvalue weighted by Gasteiger charge is -2.27. The molecule has 5 nitrogen and oxygen atoms in total. The van der Waals surface area contributed by atoms with Gasteiger partial charge in [-0.1, -0.05) is 18.2 Å². The van der Waals surface area contributed by atoms with Crippen LogP contribution in [0.4, 0.5) is 4.79 Å². The minimum absolute atomic E-state index is 0.523. The fourth-order valence-corrected chi connectivity index (χ4v) is 1.95. The van der Waals surface area contributed by atoms with Gasteiger partial charge in [-0.15, -0.1) is 5.12 Å². The first-order chi connectivity index (χ1) is 6.75. The summed E-state index contributed by atoms with van der Waals surface area (Å²) in [6.45, 7) is 0.523. The maximum Gasteiger partial charge on any atom is 0.420 e. The van der Waals surface area contributed by atoms with Crippen LogP contribution in [0.3, 0.4) is 0 Å². The molecule has 0 aliphatic carbocycles. The van der Waals surface area contributed by atoms with E-state index < -0.39 is 6.09 Å². The Hall–Kier alpha value is -1.24. The Morgan fingerprint density at radius 2 is 2.36 bits per heavy atom. The first-order valence-corrected chi connectivity index (χ1v) is 4.85. The van der Waals surface area contributed by atoms with E-state index in [1.807, 2.05) is 24.3 Å². The quantitative estimate of drug-likeness (QED) is 0.609. The van der Waals surface area contributed by atoms with E-state index in [9.17, 15) is 4.79 Å². The number of nitrogens with zero attached hydrogens (tertiary/aromatic N) is 1. The molecule has 1 aromatic rings. The molecule has 0 atom stereocenters. The molecule has 1 aliphatic heterocycles. The van der Waals surface area contributed by atoms with Crippen molar-refractivity contribution in [3.05, 3.63) is 29.8 Å². The SMILES string of the molecule is O=C(O)NN1Cc2ccccc2SN1. The molecule has 0 unspecified atom stereocenters. The lowest BCUT2D eigenvalue weighted by Crippen LogP contribution is -2.48. The van der Waals surface area contributed by atoms with Gasteiger partial charge in [-0.25, -0.2) is 10.2 Å². The van der Waals surface area contributed by atoms with Gasteiger partial charge in [0.2, 0.25) is 0 Å². The standard InChI is InChI=1S/C8H9N3O2S/c12-8(13)9-11-5-6-3-1-2-4-7(6)14-10-11/h1-4,9-10H,5H2,(H,12,13). The second-order valence-electron chi connectivity index (χ2n) is 2.80. The topological polar surface area (TPSA) is 64.6 Å². The predicted octanol–water partition coefficient (Wildman–Crippen LogP) is 1.20. The van der Waals surface area contributed by atoms with E-state index in [1.165, 1.54) is 17.1 Å². The number of benzene rings is 1. The maximum atomic E-state index is 10.4. The van der Waals surface area contributed by atoms with Gasteiger partial charge in [-0.2, -0.15) is 4.83 Å². The van der Waals surface area contributed by atoms with Gasteiger partial charge in [-0.05, 0) is 23.6 Å². The second kappa shape index (κ2) is 3.87. The van der Waals surface area contributed by atoms with Crippen molar-refractivity contribution < 1.29 is 9.90 Å². The zero-order chi connectivity index (χ0) is 9.97. The molecule has 0 spiro atoms. The molecule has 6 heteroatoms. The van der Waals surface area contributed by atoms with Crippen LogP contribution < -0.4 is 10.3 Å². The number of hydrazine groups is 2. The predicted molar refractivity (Wildman–Crippen MR) is 52.1 cm³/mol. The normalized spacial score (nSPS) is 16.0. The average Bonchev–Trinajstić information content (AvgIpc) is 2.17. The Kier molecular flexibility index (Phi) is 2.58. The molecular formula is C8H9N3O2S. The minimum Gasteiger partial charge on any atom is -0.464 e. The fourth-order valence-electron chi connectivity index (χ4n) is 1.22. The highest BCUT2D eigenvalue weighted by atomic mass is 32.2. The molecule has 74 valence electrons. The van der Waals surface area contributed by atoms with Crippen molar-refractivity contribution in [1.82, 2.24) is 15.4 Å². The third-order valence-electron chi connectivity index (χ3n) is 1.80. The van der Waals surface area contributed by atoms with Crippen molar-refractivity contribution in [2.24, 2.45) is 0 Å². The monoisotopic (exact) mass is 211 g/mol. The Labute approximate surface area is 85.2 Å². The molecule has 0 saturated carbocycles. The van der Waals surface area contributed by atoms with Gasteiger partial charge in [0.05, 0.1) is 6.54 Å². The van der Waals surface area contributed by atoms with Crippen molar-refractivity contribution in [3.8, 4) is 0 Å². The van der Waals surface area contributed by atoms with E-state index in [0.29, 0.717) is 6.54 Å². The molecule has 1 amide bonds. The fraction of sp³-hybridized carbons (Fsp3) is 0.125. The zero-order valence-electron chi connectivity index (χ0n) is 7.23. The van der Waals surface area contributed by atoms with Crippen LogP contribution >= 0.6 is 11.9 Å². The smallest absolute Gasteiger partial charge is 0.420 e. The summed E-state index contributed by atoms with van der Waals surface area (Å²) in [4.78, 5) is 14.4. The zero-order valence-corrected chi connectivity index (χ0v) is 8.04. The Morgan fingerprint density at radius 1 is 1.57 bits per heavy atom. The van der Waals surface area contributed by atoms with E-state index in [2.05, 4.69) is 10.3 Å². The van der Waals surface area contributed by atoms with E-state index in [1.54, 1.807) is 0 Å². The van der Waals surface area contributed by atoms with Crippen LogP contribution in [0, 0.1) is 0 Å². The van der Waals surface area contributed by atoms with Gasteiger partial charge in [-0.3, -0.25) is 0 Å². The number of amides is 1. The molecule has 0 saturated heterocycles. The van der Waals surface area contributed by atoms with Gasteiger partial charge < -0.3 is 5.11 Å². The molecule has 1 aromatic carbocycles. The molecule has 1 aliphatic rings. The highest BCUT2D eigenvalue weighted by molar-refractivity contribution is 7.97. The van der Waals surface area contributed by atoms with Gasteiger partial charge in [0.25, 0.3) is 0 Å². The van der Waals surface area contributed by atoms with Crippen molar-refractivity contribution in [1.29, 1.82) is 0 Å². The first-order valence-electron chi connectivity index (χ1n) is 4.03. The number of nitrogens with one attached hydrogen (secondary N) is 2. The van der Waals surface area contributed by atoms with Crippen LogP contribution in [0.25, 0.3) is 0 Å². The van der Waals surface area contributed by atoms with Crippen molar-refractivity contribution >= 4 is 18.0 Å². The van der Waals surface area contributed by atoms with E-state index in [0.717, 1.165) is 10.5 Å². The molecule has 0 bridgehead atoms. The number of carbonyl (C=O) groups is 1. The third kappa shape index (κ3) is 1.98. The van der Waals surface area contributed by atoms with E-state index in [-0.39, 0.29) is 0 Å².